The number of anilines is 1. The Kier molecular flexibility index (Phi) is 7.13. The fraction of sp³-hybridized carbons (Fsp3) is 0.636. The van der Waals surface area contributed by atoms with Crippen molar-refractivity contribution in [3.8, 4) is 0 Å². The SMILES string of the molecule is C[C@@H]1CCCCN1C(=O)c1ccc(NC(=O)NC2CCCCCCC2)cc1. The van der Waals surface area contributed by atoms with Crippen LogP contribution in [0.3, 0.4) is 0 Å². The molecule has 27 heavy (non-hydrogen) atoms. The van der Waals surface area contributed by atoms with E-state index in [9.17, 15) is 9.59 Å². The van der Waals surface area contributed by atoms with Crippen molar-refractivity contribution in [2.24, 2.45) is 0 Å². The van der Waals surface area contributed by atoms with Gasteiger partial charge in [-0.3, -0.25) is 4.79 Å². The Morgan fingerprint density at radius 1 is 0.889 bits per heavy atom. The largest absolute Gasteiger partial charge is 0.336 e. The highest BCUT2D eigenvalue weighted by molar-refractivity contribution is 5.95. The summed E-state index contributed by atoms with van der Waals surface area (Å²) in [4.78, 5) is 26.9. The molecule has 3 rings (SSSR count). The number of hydrogen-bond donors (Lipinski definition) is 2. The lowest BCUT2D eigenvalue weighted by atomic mass is 9.97. The summed E-state index contributed by atoms with van der Waals surface area (Å²) in [5.41, 5.74) is 1.41. The van der Waals surface area contributed by atoms with E-state index in [1.165, 1.54) is 38.5 Å². The van der Waals surface area contributed by atoms with Crippen molar-refractivity contribution in [1.82, 2.24) is 10.2 Å². The van der Waals surface area contributed by atoms with Gasteiger partial charge in [-0.05, 0) is 63.3 Å². The summed E-state index contributed by atoms with van der Waals surface area (Å²) in [5.74, 6) is 0.0905. The molecule has 3 amide bonds. The lowest BCUT2D eigenvalue weighted by Gasteiger charge is -2.33. The zero-order chi connectivity index (χ0) is 19.1. The first kappa shape index (κ1) is 19.7. The van der Waals surface area contributed by atoms with E-state index in [-0.39, 0.29) is 18.0 Å². The summed E-state index contributed by atoms with van der Waals surface area (Å²) >= 11 is 0. The van der Waals surface area contributed by atoms with Crippen LogP contribution in [-0.2, 0) is 0 Å². The molecule has 1 heterocycles. The predicted molar refractivity (Wildman–Crippen MR) is 109 cm³/mol. The van der Waals surface area contributed by atoms with Gasteiger partial charge in [0.2, 0.25) is 0 Å². The minimum Gasteiger partial charge on any atom is -0.336 e. The van der Waals surface area contributed by atoms with Crippen LogP contribution in [0.2, 0.25) is 0 Å². The summed E-state index contributed by atoms with van der Waals surface area (Å²) in [5, 5.41) is 6.01. The van der Waals surface area contributed by atoms with Crippen LogP contribution in [0.5, 0.6) is 0 Å². The highest BCUT2D eigenvalue weighted by Gasteiger charge is 2.24. The molecule has 1 aromatic carbocycles. The second-order valence-corrected chi connectivity index (χ2v) is 8.06. The maximum Gasteiger partial charge on any atom is 0.319 e. The minimum absolute atomic E-state index is 0.0905. The molecule has 5 heteroatoms. The molecule has 0 aromatic heterocycles. The highest BCUT2D eigenvalue weighted by atomic mass is 16.2. The van der Waals surface area contributed by atoms with E-state index in [0.717, 1.165) is 37.9 Å². The number of nitrogens with one attached hydrogen (secondary N) is 2. The van der Waals surface area contributed by atoms with Crippen molar-refractivity contribution in [3.63, 3.8) is 0 Å². The Morgan fingerprint density at radius 3 is 2.19 bits per heavy atom. The Morgan fingerprint density at radius 2 is 1.52 bits per heavy atom. The molecule has 2 N–H and O–H groups in total. The maximum absolute atomic E-state index is 12.7. The fourth-order valence-electron chi connectivity index (χ4n) is 4.21. The van der Waals surface area contributed by atoms with Gasteiger partial charge in [0.1, 0.15) is 0 Å². The van der Waals surface area contributed by atoms with Crippen molar-refractivity contribution in [2.45, 2.75) is 83.2 Å². The first-order valence-corrected chi connectivity index (χ1v) is 10.6. The van der Waals surface area contributed by atoms with E-state index in [1.54, 1.807) is 0 Å². The molecule has 148 valence electrons. The number of rotatable bonds is 3. The monoisotopic (exact) mass is 371 g/mol. The molecule has 2 aliphatic rings. The topological polar surface area (TPSA) is 61.4 Å². The molecule has 1 aliphatic carbocycles. The summed E-state index contributed by atoms with van der Waals surface area (Å²) in [6, 6.07) is 7.69. The van der Waals surface area contributed by atoms with E-state index in [2.05, 4.69) is 17.6 Å². The Balaban J connectivity index is 1.52. The molecule has 1 aliphatic heterocycles. The van der Waals surface area contributed by atoms with Gasteiger partial charge in [0, 0.05) is 29.9 Å². The van der Waals surface area contributed by atoms with E-state index in [0.29, 0.717) is 11.6 Å². The van der Waals surface area contributed by atoms with Crippen LogP contribution >= 0.6 is 0 Å². The second-order valence-electron chi connectivity index (χ2n) is 8.06. The molecule has 1 saturated carbocycles. The van der Waals surface area contributed by atoms with Crippen molar-refractivity contribution in [1.29, 1.82) is 0 Å². The first-order chi connectivity index (χ1) is 13.1. The van der Waals surface area contributed by atoms with E-state index in [1.807, 2.05) is 29.2 Å². The van der Waals surface area contributed by atoms with Crippen molar-refractivity contribution >= 4 is 17.6 Å². The summed E-state index contributed by atoms with van der Waals surface area (Å²) in [7, 11) is 0. The molecule has 0 radical (unpaired) electrons. The lowest BCUT2D eigenvalue weighted by molar-refractivity contribution is 0.0635. The van der Waals surface area contributed by atoms with Crippen molar-refractivity contribution in [3.05, 3.63) is 29.8 Å². The van der Waals surface area contributed by atoms with Crippen LogP contribution in [0.15, 0.2) is 24.3 Å². The Hall–Kier alpha value is -2.04. The van der Waals surface area contributed by atoms with Gasteiger partial charge in [-0.15, -0.1) is 0 Å². The van der Waals surface area contributed by atoms with Crippen LogP contribution in [-0.4, -0.2) is 35.5 Å². The zero-order valence-electron chi connectivity index (χ0n) is 16.5. The molecule has 5 nitrogen and oxygen atoms in total. The van der Waals surface area contributed by atoms with E-state index >= 15 is 0 Å². The number of urea groups is 1. The van der Waals surface area contributed by atoms with Gasteiger partial charge in [-0.2, -0.15) is 0 Å². The zero-order valence-corrected chi connectivity index (χ0v) is 16.5. The summed E-state index contributed by atoms with van der Waals surface area (Å²) in [6.07, 6.45) is 11.7. The number of benzene rings is 1. The van der Waals surface area contributed by atoms with Gasteiger partial charge in [-0.25, -0.2) is 4.79 Å². The average Bonchev–Trinajstić information content (AvgIpc) is 2.64. The van der Waals surface area contributed by atoms with Crippen molar-refractivity contribution < 1.29 is 9.59 Å². The fourth-order valence-corrected chi connectivity index (χ4v) is 4.21. The van der Waals surface area contributed by atoms with Gasteiger partial charge in [0.25, 0.3) is 5.91 Å². The van der Waals surface area contributed by atoms with Gasteiger partial charge >= 0.3 is 6.03 Å². The van der Waals surface area contributed by atoms with Crippen molar-refractivity contribution in [2.75, 3.05) is 11.9 Å². The van der Waals surface area contributed by atoms with Crippen LogP contribution in [0.25, 0.3) is 0 Å². The summed E-state index contributed by atoms with van der Waals surface area (Å²) < 4.78 is 0. The number of carbonyl (C=O) groups excluding carboxylic acids is 2. The average molecular weight is 372 g/mol. The number of hydrogen-bond acceptors (Lipinski definition) is 2. The van der Waals surface area contributed by atoms with E-state index in [4.69, 9.17) is 0 Å². The molecule has 1 aromatic rings. The third-order valence-electron chi connectivity index (χ3n) is 5.89. The number of amides is 3. The Labute approximate surface area is 162 Å². The molecular formula is C22H33N3O2. The van der Waals surface area contributed by atoms with Gasteiger partial charge in [0.15, 0.2) is 0 Å². The van der Waals surface area contributed by atoms with Crippen LogP contribution in [0.4, 0.5) is 10.5 Å². The van der Waals surface area contributed by atoms with Crippen LogP contribution < -0.4 is 10.6 Å². The van der Waals surface area contributed by atoms with Gasteiger partial charge < -0.3 is 15.5 Å². The minimum atomic E-state index is -0.149. The third kappa shape index (κ3) is 5.72. The quantitative estimate of drug-likeness (QED) is 0.791. The van der Waals surface area contributed by atoms with E-state index < -0.39 is 0 Å². The second kappa shape index (κ2) is 9.77. The van der Waals surface area contributed by atoms with Crippen LogP contribution in [0, 0.1) is 0 Å². The van der Waals surface area contributed by atoms with Crippen LogP contribution in [0.1, 0.15) is 81.5 Å². The predicted octanol–water partition coefficient (Wildman–Crippen LogP) is 4.94. The smallest absolute Gasteiger partial charge is 0.319 e. The lowest BCUT2D eigenvalue weighted by Crippen LogP contribution is -2.42. The molecule has 1 atom stereocenters. The molecular weight excluding hydrogens is 338 g/mol. The van der Waals surface area contributed by atoms with Gasteiger partial charge in [0.05, 0.1) is 0 Å². The maximum atomic E-state index is 12.7. The number of carbonyl (C=O) groups is 2. The summed E-state index contributed by atoms with van der Waals surface area (Å²) in [6.45, 7) is 2.95. The number of likely N-dealkylation sites (tertiary alicyclic amines) is 1. The standard InChI is InChI=1S/C22H33N3O2/c1-17-9-7-8-16-25(17)21(26)18-12-14-20(15-13-18)24-22(27)23-19-10-5-3-2-4-6-11-19/h12-15,17,19H,2-11,16H2,1H3,(H2,23,24,27)/t17-/m1/s1. The molecule has 0 unspecified atom stereocenters. The Bertz CT molecular complexity index is 621. The van der Waals surface area contributed by atoms with Gasteiger partial charge in [-0.1, -0.05) is 32.1 Å². The molecule has 0 spiro atoms. The molecule has 2 fully saturated rings. The highest BCUT2D eigenvalue weighted by Crippen LogP contribution is 2.20. The third-order valence-corrected chi connectivity index (χ3v) is 5.89. The number of piperidine rings is 1. The molecule has 0 bridgehead atoms. The number of nitrogens with zero attached hydrogens (tertiary/aromatic N) is 1. The molecule has 1 saturated heterocycles. The first-order valence-electron chi connectivity index (χ1n) is 10.6. The normalized spacial score (nSPS) is 21.8.